The van der Waals surface area contributed by atoms with Crippen LogP contribution in [0.2, 0.25) is 0 Å². The third-order valence-corrected chi connectivity index (χ3v) is 4.35. The van der Waals surface area contributed by atoms with Crippen LogP contribution in [0.5, 0.6) is 11.5 Å². The Balaban J connectivity index is 2.26. The molecule has 0 aromatic heterocycles. The lowest BCUT2D eigenvalue weighted by molar-refractivity contribution is 0.0399. The minimum absolute atomic E-state index is 0.463. The van der Waals surface area contributed by atoms with E-state index in [9.17, 15) is 0 Å². The van der Waals surface area contributed by atoms with Gasteiger partial charge in [0.25, 0.3) is 0 Å². The lowest BCUT2D eigenvalue weighted by atomic mass is 10.3. The van der Waals surface area contributed by atoms with Crippen molar-refractivity contribution >= 4 is 31.9 Å². The SMILES string of the molecule is CCOCCOCCOc1cc(Br)c(OCCOCCOCC)cc1Br. The number of rotatable bonds is 16. The summed E-state index contributed by atoms with van der Waals surface area (Å²) < 4.78 is 34.3. The topological polar surface area (TPSA) is 55.4 Å². The molecule has 26 heavy (non-hydrogen) atoms. The fourth-order valence-electron chi connectivity index (χ4n) is 1.88. The van der Waals surface area contributed by atoms with Crippen LogP contribution in [0.3, 0.4) is 0 Å². The second-order valence-electron chi connectivity index (χ2n) is 5.03. The summed E-state index contributed by atoms with van der Waals surface area (Å²) in [7, 11) is 0. The van der Waals surface area contributed by atoms with Gasteiger partial charge in [0.05, 0.1) is 48.6 Å². The normalized spacial score (nSPS) is 10.9. The highest BCUT2D eigenvalue weighted by molar-refractivity contribution is 9.11. The molecule has 0 atom stereocenters. The number of hydrogen-bond donors (Lipinski definition) is 0. The van der Waals surface area contributed by atoms with Gasteiger partial charge in [-0.15, -0.1) is 0 Å². The maximum Gasteiger partial charge on any atom is 0.134 e. The molecule has 1 aromatic carbocycles. The minimum Gasteiger partial charge on any atom is -0.490 e. The second-order valence-corrected chi connectivity index (χ2v) is 6.74. The Labute approximate surface area is 172 Å². The summed E-state index contributed by atoms with van der Waals surface area (Å²) in [5.41, 5.74) is 0. The molecule has 0 amide bonds. The molecule has 0 fully saturated rings. The van der Waals surface area contributed by atoms with Crippen LogP contribution in [0.4, 0.5) is 0 Å². The third kappa shape index (κ3) is 10.7. The van der Waals surface area contributed by atoms with Crippen LogP contribution >= 0.6 is 31.9 Å². The van der Waals surface area contributed by atoms with E-state index in [4.69, 9.17) is 28.4 Å². The van der Waals surface area contributed by atoms with E-state index in [1.807, 2.05) is 26.0 Å². The minimum atomic E-state index is 0.463. The first-order chi connectivity index (χ1) is 12.7. The third-order valence-electron chi connectivity index (χ3n) is 3.11. The van der Waals surface area contributed by atoms with Gasteiger partial charge in [-0.05, 0) is 57.8 Å². The summed E-state index contributed by atoms with van der Waals surface area (Å²) in [6.07, 6.45) is 0. The average molecular weight is 500 g/mol. The van der Waals surface area contributed by atoms with Crippen LogP contribution in [-0.4, -0.2) is 66.1 Å². The van der Waals surface area contributed by atoms with E-state index in [1.165, 1.54) is 0 Å². The standard InChI is InChI=1S/C18H28Br2O6/c1-3-21-5-7-23-9-11-25-17-13-16(20)18(14-15(17)19)26-12-10-24-8-6-22-4-2/h13-14H,3-12H2,1-2H3. The summed E-state index contributed by atoms with van der Waals surface area (Å²) in [4.78, 5) is 0. The molecule has 0 saturated carbocycles. The van der Waals surface area contributed by atoms with Crippen molar-refractivity contribution in [1.82, 2.24) is 0 Å². The molecule has 6 nitrogen and oxygen atoms in total. The molecule has 0 bridgehead atoms. The summed E-state index contributed by atoms with van der Waals surface area (Å²) >= 11 is 7.00. The van der Waals surface area contributed by atoms with Gasteiger partial charge < -0.3 is 28.4 Å². The van der Waals surface area contributed by atoms with Gasteiger partial charge in [-0.3, -0.25) is 0 Å². The summed E-state index contributed by atoms with van der Waals surface area (Å²) in [5, 5.41) is 0. The quantitative estimate of drug-likeness (QED) is 0.319. The molecule has 8 heteroatoms. The van der Waals surface area contributed by atoms with E-state index < -0.39 is 0 Å². The van der Waals surface area contributed by atoms with Gasteiger partial charge >= 0.3 is 0 Å². The van der Waals surface area contributed by atoms with Gasteiger partial charge in [0.2, 0.25) is 0 Å². The zero-order valence-corrected chi connectivity index (χ0v) is 18.6. The lowest BCUT2D eigenvalue weighted by Crippen LogP contribution is -2.11. The average Bonchev–Trinajstić information content (AvgIpc) is 2.63. The molecule has 0 aliphatic carbocycles. The van der Waals surface area contributed by atoms with E-state index in [0.29, 0.717) is 66.1 Å². The highest BCUT2D eigenvalue weighted by atomic mass is 79.9. The highest BCUT2D eigenvalue weighted by Gasteiger charge is 2.09. The Bertz CT molecular complexity index is 443. The van der Waals surface area contributed by atoms with Crippen molar-refractivity contribution in [2.45, 2.75) is 13.8 Å². The van der Waals surface area contributed by atoms with Crippen molar-refractivity contribution in [3.8, 4) is 11.5 Å². The van der Waals surface area contributed by atoms with E-state index in [-0.39, 0.29) is 0 Å². The van der Waals surface area contributed by atoms with Gasteiger partial charge in [0.15, 0.2) is 0 Å². The van der Waals surface area contributed by atoms with Crippen LogP contribution in [0.15, 0.2) is 21.1 Å². The second kappa shape index (κ2) is 15.7. The largest absolute Gasteiger partial charge is 0.490 e. The van der Waals surface area contributed by atoms with E-state index in [1.54, 1.807) is 0 Å². The fourth-order valence-corrected chi connectivity index (χ4v) is 2.75. The van der Waals surface area contributed by atoms with Crippen molar-refractivity contribution in [2.24, 2.45) is 0 Å². The van der Waals surface area contributed by atoms with Gasteiger partial charge in [-0.2, -0.15) is 0 Å². The van der Waals surface area contributed by atoms with E-state index in [2.05, 4.69) is 31.9 Å². The predicted octanol–water partition coefficient (Wildman–Crippen LogP) is 4.08. The molecule has 0 radical (unpaired) electrons. The number of ether oxygens (including phenoxy) is 6. The summed E-state index contributed by atoms with van der Waals surface area (Å²) in [6, 6.07) is 3.74. The molecule has 0 spiro atoms. The number of halogens is 2. The monoisotopic (exact) mass is 498 g/mol. The van der Waals surface area contributed by atoms with E-state index in [0.717, 1.165) is 20.4 Å². The van der Waals surface area contributed by atoms with Gasteiger partial charge in [-0.25, -0.2) is 0 Å². The smallest absolute Gasteiger partial charge is 0.134 e. The summed E-state index contributed by atoms with van der Waals surface area (Å²) in [5.74, 6) is 1.45. The molecule has 1 aromatic rings. The molecule has 0 saturated heterocycles. The van der Waals surface area contributed by atoms with Gasteiger partial charge in [0, 0.05) is 13.2 Å². The van der Waals surface area contributed by atoms with E-state index >= 15 is 0 Å². The molecule has 0 unspecified atom stereocenters. The first kappa shape index (κ1) is 23.7. The molecular formula is C18H28Br2O6. The van der Waals surface area contributed by atoms with Crippen LogP contribution in [-0.2, 0) is 18.9 Å². The first-order valence-electron chi connectivity index (χ1n) is 8.74. The maximum atomic E-state index is 5.72. The number of benzene rings is 1. The van der Waals surface area contributed by atoms with Gasteiger partial charge in [0.1, 0.15) is 24.7 Å². The van der Waals surface area contributed by atoms with Crippen LogP contribution in [0, 0.1) is 0 Å². The Morgan fingerprint density at radius 3 is 1.31 bits per heavy atom. The van der Waals surface area contributed by atoms with Crippen molar-refractivity contribution < 1.29 is 28.4 Å². The zero-order chi connectivity index (χ0) is 19.0. The molecule has 150 valence electrons. The molecular weight excluding hydrogens is 472 g/mol. The molecule has 1 rings (SSSR count). The van der Waals surface area contributed by atoms with Crippen LogP contribution in [0.1, 0.15) is 13.8 Å². The zero-order valence-electron chi connectivity index (χ0n) is 15.4. The Hall–Kier alpha value is -0.380. The van der Waals surface area contributed by atoms with Crippen LogP contribution in [0.25, 0.3) is 0 Å². The lowest BCUT2D eigenvalue weighted by Gasteiger charge is -2.13. The Kier molecular flexibility index (Phi) is 14.2. The van der Waals surface area contributed by atoms with Crippen molar-refractivity contribution in [3.05, 3.63) is 21.1 Å². The molecule has 0 aliphatic heterocycles. The summed E-state index contributed by atoms with van der Waals surface area (Å²) in [6.45, 7) is 9.62. The fraction of sp³-hybridized carbons (Fsp3) is 0.667. The number of hydrogen-bond acceptors (Lipinski definition) is 6. The highest BCUT2D eigenvalue weighted by Crippen LogP contribution is 2.36. The Morgan fingerprint density at radius 1 is 0.577 bits per heavy atom. The predicted molar refractivity (Wildman–Crippen MR) is 107 cm³/mol. The molecule has 0 N–H and O–H groups in total. The van der Waals surface area contributed by atoms with Gasteiger partial charge in [-0.1, -0.05) is 0 Å². The van der Waals surface area contributed by atoms with Crippen LogP contribution < -0.4 is 9.47 Å². The molecule has 0 aliphatic rings. The Morgan fingerprint density at radius 2 is 0.923 bits per heavy atom. The van der Waals surface area contributed by atoms with Crippen molar-refractivity contribution in [2.75, 3.05) is 66.1 Å². The maximum absolute atomic E-state index is 5.72. The molecule has 0 heterocycles. The van der Waals surface area contributed by atoms with Crippen molar-refractivity contribution in [1.29, 1.82) is 0 Å². The van der Waals surface area contributed by atoms with Crippen molar-refractivity contribution in [3.63, 3.8) is 0 Å². The first-order valence-corrected chi connectivity index (χ1v) is 10.3.